The van der Waals surface area contributed by atoms with Gasteiger partial charge in [0.2, 0.25) is 5.91 Å². The molecule has 34 heavy (non-hydrogen) atoms. The molecule has 0 bridgehead atoms. The molecule has 0 fully saturated rings. The Labute approximate surface area is 198 Å². The summed E-state index contributed by atoms with van der Waals surface area (Å²) in [6.45, 7) is 6.26. The summed E-state index contributed by atoms with van der Waals surface area (Å²) < 4.78 is 73.5. The number of anilines is 1. The largest absolute Gasteiger partial charge is 0.480 e. The zero-order chi connectivity index (χ0) is 25.8. The molecule has 0 spiro atoms. The van der Waals surface area contributed by atoms with Crippen molar-refractivity contribution < 1.29 is 36.3 Å². The van der Waals surface area contributed by atoms with Crippen LogP contribution in [0.15, 0.2) is 30.3 Å². The lowest BCUT2D eigenvalue weighted by Gasteiger charge is -2.25. The van der Waals surface area contributed by atoms with Crippen molar-refractivity contribution in [1.29, 1.82) is 0 Å². The smallest absolute Gasteiger partial charge is 0.425 e. The lowest BCUT2D eigenvalue weighted by molar-refractivity contribution is -0.189. The molecule has 2 rings (SSSR count). The Bertz CT molecular complexity index is 1040. The lowest BCUT2D eigenvalue weighted by atomic mass is 9.96. The van der Waals surface area contributed by atoms with E-state index in [1.54, 1.807) is 13.8 Å². The third kappa shape index (κ3) is 6.16. The molecule has 0 saturated carbocycles. The minimum absolute atomic E-state index is 0.171. The third-order valence-corrected chi connectivity index (χ3v) is 5.54. The Kier molecular flexibility index (Phi) is 8.88. The zero-order valence-corrected chi connectivity index (χ0v) is 19.7. The highest BCUT2D eigenvalue weighted by Crippen LogP contribution is 2.34. The molecule has 0 aliphatic rings. The Morgan fingerprint density at radius 2 is 1.71 bits per heavy atom. The second kappa shape index (κ2) is 11.0. The van der Waals surface area contributed by atoms with Crippen LogP contribution in [0.2, 0.25) is 5.02 Å². The van der Waals surface area contributed by atoms with Crippen LogP contribution in [0.4, 0.5) is 27.6 Å². The van der Waals surface area contributed by atoms with Gasteiger partial charge in [-0.25, -0.2) is 8.78 Å². The van der Waals surface area contributed by atoms with Crippen molar-refractivity contribution in [3.8, 4) is 5.75 Å². The van der Waals surface area contributed by atoms with E-state index in [4.69, 9.17) is 16.3 Å². The summed E-state index contributed by atoms with van der Waals surface area (Å²) in [7, 11) is 0. The van der Waals surface area contributed by atoms with E-state index < -0.39 is 58.6 Å². The van der Waals surface area contributed by atoms with Gasteiger partial charge in [-0.05, 0) is 52.0 Å². The summed E-state index contributed by atoms with van der Waals surface area (Å²) >= 11 is 5.88. The van der Waals surface area contributed by atoms with Gasteiger partial charge in [0, 0.05) is 18.7 Å². The van der Waals surface area contributed by atoms with Gasteiger partial charge in [-0.2, -0.15) is 13.2 Å². The number of hydrogen-bond acceptors (Lipinski definition) is 3. The highest BCUT2D eigenvalue weighted by atomic mass is 35.5. The predicted octanol–water partition coefficient (Wildman–Crippen LogP) is 6.17. The Balaban J connectivity index is 2.55. The van der Waals surface area contributed by atoms with Crippen LogP contribution < -0.4 is 10.1 Å². The minimum Gasteiger partial charge on any atom is -0.480 e. The summed E-state index contributed by atoms with van der Waals surface area (Å²) in [5, 5.41) is 1.96. The maximum Gasteiger partial charge on any atom is 0.425 e. The molecule has 2 aromatic carbocycles. The van der Waals surface area contributed by atoms with Gasteiger partial charge in [0.1, 0.15) is 17.4 Å². The topological polar surface area (TPSA) is 58.6 Å². The predicted molar refractivity (Wildman–Crippen MR) is 118 cm³/mol. The van der Waals surface area contributed by atoms with Crippen molar-refractivity contribution >= 4 is 29.1 Å². The van der Waals surface area contributed by atoms with Crippen LogP contribution >= 0.6 is 11.6 Å². The number of ether oxygens (including phenoxy) is 1. The quantitative estimate of drug-likeness (QED) is 0.435. The molecule has 1 N–H and O–H groups in total. The van der Waals surface area contributed by atoms with Gasteiger partial charge < -0.3 is 15.0 Å². The molecule has 2 atom stereocenters. The van der Waals surface area contributed by atoms with E-state index in [0.717, 1.165) is 12.1 Å². The fraction of sp³-hybridized carbons (Fsp3) is 0.391. The number of rotatable bonds is 8. The van der Waals surface area contributed by atoms with Gasteiger partial charge >= 0.3 is 6.18 Å². The van der Waals surface area contributed by atoms with Crippen molar-refractivity contribution in [3.05, 3.63) is 58.1 Å². The Hall–Kier alpha value is -2.88. The minimum atomic E-state index is -4.79. The second-order valence-electron chi connectivity index (χ2n) is 7.45. The number of benzene rings is 2. The first kappa shape index (κ1) is 27.4. The monoisotopic (exact) mass is 506 g/mol. The maximum absolute atomic E-state index is 15.0. The number of nitrogens with one attached hydrogen (secondary N) is 1. The van der Waals surface area contributed by atoms with Crippen LogP contribution in [0, 0.1) is 11.6 Å². The lowest BCUT2D eigenvalue weighted by Crippen LogP contribution is -2.34. The van der Waals surface area contributed by atoms with E-state index >= 15 is 4.39 Å². The van der Waals surface area contributed by atoms with Crippen molar-refractivity contribution in [1.82, 2.24) is 4.90 Å². The summed E-state index contributed by atoms with van der Waals surface area (Å²) in [6.07, 6.45) is -7.15. The Morgan fingerprint density at radius 1 is 1.09 bits per heavy atom. The molecule has 1 unspecified atom stereocenters. The van der Waals surface area contributed by atoms with Crippen LogP contribution in [0.5, 0.6) is 5.75 Å². The molecule has 0 heterocycles. The molecule has 0 saturated heterocycles. The van der Waals surface area contributed by atoms with E-state index in [9.17, 15) is 27.2 Å². The molecular formula is C23H24ClF5N2O3. The number of halogens is 6. The molecule has 186 valence electrons. The van der Waals surface area contributed by atoms with Gasteiger partial charge in [0.25, 0.3) is 5.91 Å². The highest BCUT2D eigenvalue weighted by Gasteiger charge is 2.39. The van der Waals surface area contributed by atoms with Gasteiger partial charge in [-0.3, -0.25) is 9.59 Å². The maximum atomic E-state index is 15.0. The molecule has 0 aliphatic heterocycles. The number of carbonyl (C=O) groups is 2. The van der Waals surface area contributed by atoms with E-state index in [0.29, 0.717) is 26.1 Å². The average molecular weight is 507 g/mol. The molecule has 2 aromatic rings. The number of para-hydroxylation sites is 1. The number of amides is 2. The molecule has 5 nitrogen and oxygen atoms in total. The first-order valence-corrected chi connectivity index (χ1v) is 10.8. The van der Waals surface area contributed by atoms with E-state index in [1.165, 1.54) is 24.0 Å². The van der Waals surface area contributed by atoms with Gasteiger partial charge in [0.05, 0.1) is 22.2 Å². The van der Waals surface area contributed by atoms with Crippen molar-refractivity contribution in [2.24, 2.45) is 0 Å². The van der Waals surface area contributed by atoms with E-state index in [1.807, 2.05) is 0 Å². The van der Waals surface area contributed by atoms with Crippen LogP contribution in [-0.2, 0) is 4.79 Å². The molecule has 0 aromatic heterocycles. The molecular weight excluding hydrogens is 483 g/mol. The summed E-state index contributed by atoms with van der Waals surface area (Å²) in [5.41, 5.74) is -1.31. The van der Waals surface area contributed by atoms with Crippen molar-refractivity contribution in [2.45, 2.75) is 45.9 Å². The van der Waals surface area contributed by atoms with Crippen LogP contribution in [0.1, 0.15) is 49.5 Å². The first-order chi connectivity index (χ1) is 15.8. The summed E-state index contributed by atoms with van der Waals surface area (Å²) in [5.74, 6) is -5.20. The van der Waals surface area contributed by atoms with Crippen LogP contribution in [-0.4, -0.2) is 42.1 Å². The molecule has 0 radical (unpaired) electrons. The van der Waals surface area contributed by atoms with Crippen molar-refractivity contribution in [2.75, 3.05) is 18.4 Å². The summed E-state index contributed by atoms with van der Waals surface area (Å²) in [4.78, 5) is 26.9. The van der Waals surface area contributed by atoms with Gasteiger partial charge in [-0.1, -0.05) is 17.7 Å². The highest BCUT2D eigenvalue weighted by molar-refractivity contribution is 6.34. The molecule has 2 amide bonds. The average Bonchev–Trinajstić information content (AvgIpc) is 2.76. The van der Waals surface area contributed by atoms with Gasteiger partial charge in [0.15, 0.2) is 6.10 Å². The Morgan fingerprint density at radius 3 is 2.24 bits per heavy atom. The number of nitrogens with zero attached hydrogens (tertiary/aromatic N) is 1. The van der Waals surface area contributed by atoms with Crippen LogP contribution in [0.3, 0.4) is 0 Å². The third-order valence-electron chi connectivity index (χ3n) is 5.22. The van der Waals surface area contributed by atoms with E-state index in [2.05, 4.69) is 5.32 Å². The zero-order valence-electron chi connectivity index (χ0n) is 18.9. The first-order valence-electron chi connectivity index (χ1n) is 10.4. The fourth-order valence-corrected chi connectivity index (χ4v) is 3.38. The SMILES string of the molecule is CCN(CC)C(=O)C(C)c1cc(O[C@@H](C)C(F)(F)F)c(C(=O)Nc2c(F)cccc2Cl)cc1F. The normalized spacial score (nSPS) is 13.2. The molecule has 11 heteroatoms. The molecule has 0 aliphatic carbocycles. The number of hydrogen-bond donors (Lipinski definition) is 1. The number of likely N-dealkylation sites (N-methyl/N-ethyl adjacent to an activating group) is 1. The van der Waals surface area contributed by atoms with Gasteiger partial charge in [-0.15, -0.1) is 0 Å². The number of carbonyl (C=O) groups excluding carboxylic acids is 2. The fourth-order valence-electron chi connectivity index (χ4n) is 3.17. The second-order valence-corrected chi connectivity index (χ2v) is 7.86. The summed E-state index contributed by atoms with van der Waals surface area (Å²) in [6, 6.07) is 5.13. The standard InChI is InChI=1S/C23H24ClF5N2O3/c1-5-31(6-2)22(33)12(3)14-11-19(34-13(4)23(27,28)29)15(10-18(14)26)21(32)30-20-16(24)8-7-9-17(20)25/h7-13H,5-6H2,1-4H3,(H,30,32)/t12?,13-/m0/s1. The van der Waals surface area contributed by atoms with E-state index in [-0.39, 0.29) is 10.6 Å². The van der Waals surface area contributed by atoms with Crippen molar-refractivity contribution in [3.63, 3.8) is 0 Å². The van der Waals surface area contributed by atoms with Crippen LogP contribution in [0.25, 0.3) is 0 Å². The number of alkyl halides is 3.